The average molecular weight is 289 g/mol. The van der Waals surface area contributed by atoms with Crippen molar-refractivity contribution in [3.63, 3.8) is 0 Å². The Morgan fingerprint density at radius 2 is 1.50 bits per heavy atom. The highest BCUT2D eigenvalue weighted by Crippen LogP contribution is 2.16. The summed E-state index contributed by atoms with van der Waals surface area (Å²) in [6, 6.07) is 5.73. The Labute approximate surface area is 115 Å². The Balaban J connectivity index is 3.24. The molecule has 0 fully saturated rings. The van der Waals surface area contributed by atoms with Crippen LogP contribution in [0.5, 0.6) is 0 Å². The van der Waals surface area contributed by atoms with Crippen molar-refractivity contribution in [3.8, 4) is 0 Å². The minimum atomic E-state index is -2.83. The van der Waals surface area contributed by atoms with Crippen LogP contribution in [0.4, 0.5) is 0 Å². The van der Waals surface area contributed by atoms with Gasteiger partial charge in [-0.15, -0.1) is 0 Å². The van der Waals surface area contributed by atoms with Gasteiger partial charge in [0.2, 0.25) is 0 Å². The van der Waals surface area contributed by atoms with Gasteiger partial charge in [-0.25, -0.2) is 0 Å². The van der Waals surface area contributed by atoms with E-state index >= 15 is 0 Å². The van der Waals surface area contributed by atoms with Gasteiger partial charge in [0.25, 0.3) is 0 Å². The summed E-state index contributed by atoms with van der Waals surface area (Å²) in [5, 5.41) is 1.63. The topological polar surface area (TPSA) is 27.7 Å². The van der Waals surface area contributed by atoms with E-state index in [-0.39, 0.29) is 0 Å². The van der Waals surface area contributed by atoms with Crippen LogP contribution < -0.4 is 5.19 Å². The van der Waals surface area contributed by atoms with Crippen molar-refractivity contribution in [2.45, 2.75) is 27.7 Å². The van der Waals surface area contributed by atoms with Crippen molar-refractivity contribution in [2.24, 2.45) is 0 Å². The Morgan fingerprint density at radius 3 is 1.94 bits per heavy atom. The molecular weight excluding hydrogens is 268 g/mol. The molecule has 0 amide bonds. The van der Waals surface area contributed by atoms with E-state index in [1.54, 1.807) is 0 Å². The first-order valence-electron chi connectivity index (χ1n) is 6.28. The van der Waals surface area contributed by atoms with Gasteiger partial charge < -0.3 is 13.3 Å². The fraction of sp³-hybridized carbons (Fsp3) is 0.538. The Morgan fingerprint density at radius 1 is 1.00 bits per heavy atom. The molecule has 1 aromatic rings. The largest absolute Gasteiger partial charge is 0.537 e. The van der Waals surface area contributed by atoms with E-state index in [1.807, 2.05) is 45.9 Å². The first-order chi connectivity index (χ1) is 8.59. The summed E-state index contributed by atoms with van der Waals surface area (Å²) in [6.45, 7) is 9.51. The molecule has 18 heavy (non-hydrogen) atoms. The quantitative estimate of drug-likeness (QED) is 0.722. The highest BCUT2D eigenvalue weighted by molar-refractivity contribution is 6.76. The van der Waals surface area contributed by atoms with Crippen LogP contribution in [0.3, 0.4) is 0 Å². The molecular formula is C13H21ClO3Si. The van der Waals surface area contributed by atoms with E-state index in [4.69, 9.17) is 24.9 Å². The van der Waals surface area contributed by atoms with Gasteiger partial charge in [-0.05, 0) is 45.4 Å². The molecule has 0 saturated carbocycles. The molecule has 5 heteroatoms. The van der Waals surface area contributed by atoms with E-state index in [9.17, 15) is 0 Å². The van der Waals surface area contributed by atoms with Crippen LogP contribution in [0.15, 0.2) is 18.2 Å². The molecule has 0 heterocycles. The molecule has 0 radical (unpaired) electrons. The van der Waals surface area contributed by atoms with Crippen LogP contribution in [-0.2, 0) is 13.3 Å². The maximum absolute atomic E-state index is 6.08. The van der Waals surface area contributed by atoms with Crippen LogP contribution in [0.2, 0.25) is 5.02 Å². The second kappa shape index (κ2) is 7.26. The molecule has 0 atom stereocenters. The van der Waals surface area contributed by atoms with Gasteiger partial charge in [-0.3, -0.25) is 0 Å². The van der Waals surface area contributed by atoms with Crippen molar-refractivity contribution < 1.29 is 13.3 Å². The molecule has 0 N–H and O–H groups in total. The summed E-state index contributed by atoms with van der Waals surface area (Å²) in [5.41, 5.74) is 1.08. The van der Waals surface area contributed by atoms with Crippen LogP contribution in [0.25, 0.3) is 0 Å². The fourth-order valence-corrected chi connectivity index (χ4v) is 4.87. The lowest BCUT2D eigenvalue weighted by molar-refractivity contribution is 0.0858. The third kappa shape index (κ3) is 3.55. The van der Waals surface area contributed by atoms with Gasteiger partial charge >= 0.3 is 8.80 Å². The predicted octanol–water partition coefficient (Wildman–Crippen LogP) is 2.90. The molecule has 0 unspecified atom stereocenters. The Hall–Kier alpha value is -0.393. The Kier molecular flexibility index (Phi) is 6.32. The first kappa shape index (κ1) is 15.7. The molecule has 0 aliphatic heterocycles. The summed E-state index contributed by atoms with van der Waals surface area (Å²) in [4.78, 5) is 0. The van der Waals surface area contributed by atoms with Crippen molar-refractivity contribution in [2.75, 3.05) is 19.8 Å². The lowest BCUT2D eigenvalue weighted by Crippen LogP contribution is -2.57. The van der Waals surface area contributed by atoms with Crippen molar-refractivity contribution >= 4 is 25.6 Å². The number of aryl methyl sites for hydroxylation is 1. The van der Waals surface area contributed by atoms with E-state index < -0.39 is 8.80 Å². The Bertz CT molecular complexity index is 367. The second-order valence-electron chi connectivity index (χ2n) is 3.81. The van der Waals surface area contributed by atoms with Crippen LogP contribution in [0.1, 0.15) is 26.3 Å². The molecule has 3 nitrogen and oxygen atoms in total. The van der Waals surface area contributed by atoms with E-state index in [0.717, 1.165) is 10.8 Å². The third-order valence-corrected chi connectivity index (χ3v) is 5.97. The SMILES string of the molecule is CCO[Si](OCC)(OCC)c1cc(Cl)ccc1C. The van der Waals surface area contributed by atoms with E-state index in [1.165, 1.54) is 0 Å². The highest BCUT2D eigenvalue weighted by Gasteiger charge is 2.44. The lowest BCUT2D eigenvalue weighted by Gasteiger charge is -2.29. The third-order valence-electron chi connectivity index (χ3n) is 2.53. The number of rotatable bonds is 7. The number of halogens is 1. The minimum absolute atomic E-state index is 0.554. The average Bonchev–Trinajstić information content (AvgIpc) is 2.33. The molecule has 0 aliphatic rings. The standard InChI is InChI=1S/C13H21ClO3Si/c1-5-15-18(16-6-2,17-7-3)13-10-12(14)9-8-11(13)4/h8-10H,5-7H2,1-4H3. The molecule has 0 bridgehead atoms. The molecule has 0 spiro atoms. The lowest BCUT2D eigenvalue weighted by atomic mass is 10.2. The molecule has 0 saturated heterocycles. The van der Waals surface area contributed by atoms with Gasteiger partial charge in [0.15, 0.2) is 0 Å². The van der Waals surface area contributed by atoms with E-state index in [0.29, 0.717) is 24.8 Å². The summed E-state index contributed by atoms with van der Waals surface area (Å²) in [7, 11) is -2.83. The summed E-state index contributed by atoms with van der Waals surface area (Å²) in [5.74, 6) is 0. The molecule has 1 rings (SSSR count). The smallest absolute Gasteiger partial charge is 0.370 e. The minimum Gasteiger partial charge on any atom is -0.370 e. The number of benzene rings is 1. The fourth-order valence-electron chi connectivity index (χ4n) is 1.85. The van der Waals surface area contributed by atoms with E-state index in [2.05, 4.69) is 0 Å². The van der Waals surface area contributed by atoms with Gasteiger partial charge in [-0.2, -0.15) is 0 Å². The monoisotopic (exact) mass is 288 g/mol. The summed E-state index contributed by atoms with van der Waals surface area (Å²) >= 11 is 6.08. The second-order valence-corrected chi connectivity index (χ2v) is 6.77. The van der Waals surface area contributed by atoms with Crippen LogP contribution in [0, 0.1) is 6.92 Å². The molecule has 1 aromatic carbocycles. The van der Waals surface area contributed by atoms with Crippen molar-refractivity contribution in [1.82, 2.24) is 0 Å². The van der Waals surface area contributed by atoms with Crippen molar-refractivity contribution in [3.05, 3.63) is 28.8 Å². The zero-order valence-corrected chi connectivity index (χ0v) is 13.2. The first-order valence-corrected chi connectivity index (χ1v) is 8.38. The summed E-state index contributed by atoms with van der Waals surface area (Å²) < 4.78 is 17.6. The zero-order valence-electron chi connectivity index (χ0n) is 11.5. The normalized spacial score (nSPS) is 11.8. The predicted molar refractivity (Wildman–Crippen MR) is 76.5 cm³/mol. The zero-order chi connectivity index (χ0) is 13.6. The number of hydrogen-bond donors (Lipinski definition) is 0. The molecule has 0 aromatic heterocycles. The van der Waals surface area contributed by atoms with Crippen LogP contribution in [-0.4, -0.2) is 28.6 Å². The number of hydrogen-bond acceptors (Lipinski definition) is 3. The maximum Gasteiger partial charge on any atom is 0.537 e. The van der Waals surface area contributed by atoms with Crippen LogP contribution >= 0.6 is 11.6 Å². The molecule has 0 aliphatic carbocycles. The molecule has 102 valence electrons. The maximum atomic E-state index is 6.08. The van der Waals surface area contributed by atoms with Gasteiger partial charge in [0, 0.05) is 30.0 Å². The van der Waals surface area contributed by atoms with Gasteiger partial charge in [0.1, 0.15) is 0 Å². The highest BCUT2D eigenvalue weighted by atomic mass is 35.5. The van der Waals surface area contributed by atoms with Crippen molar-refractivity contribution in [1.29, 1.82) is 0 Å². The van der Waals surface area contributed by atoms with Gasteiger partial charge in [0.05, 0.1) is 0 Å². The summed E-state index contributed by atoms with van der Waals surface area (Å²) in [6.07, 6.45) is 0. The van der Waals surface area contributed by atoms with Gasteiger partial charge in [-0.1, -0.05) is 17.7 Å².